The fourth-order valence-corrected chi connectivity index (χ4v) is 3.61. The standard InChI is InChI=1S/C25H35N5O6/c1-3-35-20(31)15-14-19(24(34)36-4-2)28-22(32)17-12-10-16(11-13-17)8-6-5-7-9-18-21(26)29-25(27)30-23(18)33/h10-13,19H,3-9,14-15H2,1-2H3,(H,28,32)(H5,26,27,29,30,33)/t19-/m1/s1. The Balaban J connectivity index is 1.83. The number of nitrogens with zero attached hydrogens (tertiary/aromatic N) is 2. The molecule has 2 rings (SSSR count). The molecular formula is C25H35N5O6. The fraction of sp³-hybridized carbons (Fsp3) is 0.480. The molecule has 36 heavy (non-hydrogen) atoms. The summed E-state index contributed by atoms with van der Waals surface area (Å²) in [6, 6.07) is 6.18. The molecule has 0 aliphatic heterocycles. The van der Waals surface area contributed by atoms with Crippen LogP contribution >= 0.6 is 0 Å². The molecule has 0 saturated carbocycles. The normalized spacial score (nSPS) is 11.5. The van der Waals surface area contributed by atoms with Gasteiger partial charge >= 0.3 is 11.9 Å². The number of hydrogen-bond donors (Lipinski definition) is 4. The van der Waals surface area contributed by atoms with Gasteiger partial charge in [0.2, 0.25) is 11.8 Å². The number of nitrogens with two attached hydrogens (primary N) is 2. The summed E-state index contributed by atoms with van der Waals surface area (Å²) in [4.78, 5) is 44.1. The van der Waals surface area contributed by atoms with Gasteiger partial charge in [-0.3, -0.25) is 9.59 Å². The largest absolute Gasteiger partial charge is 0.493 e. The van der Waals surface area contributed by atoms with Gasteiger partial charge in [0.15, 0.2) is 0 Å². The third-order valence-corrected chi connectivity index (χ3v) is 5.46. The van der Waals surface area contributed by atoms with Crippen LogP contribution in [0.4, 0.5) is 11.8 Å². The number of aromatic hydroxyl groups is 1. The van der Waals surface area contributed by atoms with Crippen LogP contribution in [0.5, 0.6) is 5.88 Å². The molecule has 0 bridgehead atoms. The second-order valence-corrected chi connectivity index (χ2v) is 8.15. The zero-order valence-electron chi connectivity index (χ0n) is 20.8. The summed E-state index contributed by atoms with van der Waals surface area (Å²) in [5, 5.41) is 12.5. The predicted octanol–water partition coefficient (Wildman–Crippen LogP) is 2.31. The molecule has 11 nitrogen and oxygen atoms in total. The van der Waals surface area contributed by atoms with E-state index in [1.807, 2.05) is 12.1 Å². The molecular weight excluding hydrogens is 466 g/mol. The maximum Gasteiger partial charge on any atom is 0.328 e. The number of esters is 2. The van der Waals surface area contributed by atoms with Crippen molar-refractivity contribution in [2.75, 3.05) is 24.7 Å². The predicted molar refractivity (Wildman–Crippen MR) is 134 cm³/mol. The number of carbonyl (C=O) groups is 3. The molecule has 0 aliphatic rings. The Morgan fingerprint density at radius 2 is 1.64 bits per heavy atom. The van der Waals surface area contributed by atoms with Gasteiger partial charge in [-0.1, -0.05) is 18.6 Å². The highest BCUT2D eigenvalue weighted by Gasteiger charge is 2.24. The zero-order valence-corrected chi connectivity index (χ0v) is 20.8. The number of ether oxygens (including phenoxy) is 2. The minimum absolute atomic E-state index is 0.00585. The summed E-state index contributed by atoms with van der Waals surface area (Å²) in [6.07, 6.45) is 4.05. The summed E-state index contributed by atoms with van der Waals surface area (Å²) < 4.78 is 9.91. The first-order valence-corrected chi connectivity index (χ1v) is 12.1. The van der Waals surface area contributed by atoms with Crippen LogP contribution in [0.3, 0.4) is 0 Å². The van der Waals surface area contributed by atoms with Crippen molar-refractivity contribution in [1.29, 1.82) is 0 Å². The van der Waals surface area contributed by atoms with Gasteiger partial charge < -0.3 is 31.4 Å². The lowest BCUT2D eigenvalue weighted by molar-refractivity contribution is -0.146. The Bertz CT molecular complexity index is 1010. The van der Waals surface area contributed by atoms with Crippen molar-refractivity contribution >= 4 is 29.6 Å². The van der Waals surface area contributed by atoms with Crippen molar-refractivity contribution in [3.63, 3.8) is 0 Å². The highest BCUT2D eigenvalue weighted by atomic mass is 16.5. The molecule has 0 saturated heterocycles. The molecule has 0 spiro atoms. The van der Waals surface area contributed by atoms with Crippen LogP contribution in [0.25, 0.3) is 0 Å². The monoisotopic (exact) mass is 501 g/mol. The molecule has 1 heterocycles. The summed E-state index contributed by atoms with van der Waals surface area (Å²) in [7, 11) is 0. The second kappa shape index (κ2) is 14.5. The van der Waals surface area contributed by atoms with E-state index in [1.54, 1.807) is 26.0 Å². The Morgan fingerprint density at radius 1 is 0.972 bits per heavy atom. The zero-order chi connectivity index (χ0) is 26.5. The lowest BCUT2D eigenvalue weighted by Crippen LogP contribution is -2.42. The van der Waals surface area contributed by atoms with Gasteiger partial charge in [-0.05, 0) is 63.6 Å². The molecule has 2 aromatic rings. The average Bonchev–Trinajstić information content (AvgIpc) is 2.83. The maximum atomic E-state index is 12.7. The Morgan fingerprint density at radius 3 is 2.28 bits per heavy atom. The third kappa shape index (κ3) is 9.05. The van der Waals surface area contributed by atoms with E-state index < -0.39 is 23.9 Å². The lowest BCUT2D eigenvalue weighted by atomic mass is 10.0. The van der Waals surface area contributed by atoms with E-state index in [0.717, 1.165) is 31.2 Å². The number of unbranched alkanes of at least 4 members (excludes halogenated alkanes) is 2. The van der Waals surface area contributed by atoms with Gasteiger partial charge in [-0.15, -0.1) is 0 Å². The molecule has 1 aromatic heterocycles. The Labute approximate surface area is 210 Å². The molecule has 6 N–H and O–H groups in total. The van der Waals surface area contributed by atoms with Crippen molar-refractivity contribution in [3.8, 4) is 5.88 Å². The van der Waals surface area contributed by atoms with E-state index in [2.05, 4.69) is 15.3 Å². The number of amides is 1. The SMILES string of the molecule is CCOC(=O)CC[C@@H](NC(=O)c1ccc(CCCCCc2c(N)nc(N)nc2O)cc1)C(=O)OCC. The van der Waals surface area contributed by atoms with E-state index in [-0.39, 0.29) is 43.7 Å². The van der Waals surface area contributed by atoms with Gasteiger partial charge in [0.1, 0.15) is 11.9 Å². The molecule has 0 fully saturated rings. The highest BCUT2D eigenvalue weighted by molar-refractivity contribution is 5.96. The number of aromatic nitrogens is 2. The summed E-state index contributed by atoms with van der Waals surface area (Å²) in [5.74, 6) is -1.50. The van der Waals surface area contributed by atoms with Gasteiger partial charge in [-0.25, -0.2) is 4.79 Å². The van der Waals surface area contributed by atoms with Crippen molar-refractivity contribution < 1.29 is 29.0 Å². The van der Waals surface area contributed by atoms with E-state index in [1.165, 1.54) is 0 Å². The van der Waals surface area contributed by atoms with Gasteiger partial charge in [-0.2, -0.15) is 9.97 Å². The minimum Gasteiger partial charge on any atom is -0.493 e. The average molecular weight is 502 g/mol. The fourth-order valence-electron chi connectivity index (χ4n) is 3.61. The van der Waals surface area contributed by atoms with Gasteiger partial charge in [0.25, 0.3) is 5.91 Å². The van der Waals surface area contributed by atoms with Crippen molar-refractivity contribution in [2.45, 2.75) is 64.8 Å². The molecule has 0 radical (unpaired) electrons. The van der Waals surface area contributed by atoms with Crippen molar-refractivity contribution in [2.24, 2.45) is 0 Å². The van der Waals surface area contributed by atoms with Crippen molar-refractivity contribution in [3.05, 3.63) is 41.0 Å². The van der Waals surface area contributed by atoms with E-state index in [9.17, 15) is 19.5 Å². The topological polar surface area (TPSA) is 180 Å². The second-order valence-electron chi connectivity index (χ2n) is 8.15. The molecule has 1 aromatic carbocycles. The Hall–Kier alpha value is -3.89. The molecule has 11 heteroatoms. The smallest absolute Gasteiger partial charge is 0.328 e. The molecule has 0 aliphatic carbocycles. The molecule has 1 atom stereocenters. The maximum absolute atomic E-state index is 12.7. The Kier molecular flexibility index (Phi) is 11.4. The number of aryl methyl sites for hydroxylation is 1. The molecule has 1 amide bonds. The quantitative estimate of drug-likeness (QED) is 0.221. The third-order valence-electron chi connectivity index (χ3n) is 5.46. The van der Waals surface area contributed by atoms with E-state index in [0.29, 0.717) is 17.5 Å². The summed E-state index contributed by atoms with van der Waals surface area (Å²) in [6.45, 7) is 3.79. The summed E-state index contributed by atoms with van der Waals surface area (Å²) in [5.41, 5.74) is 13.2. The van der Waals surface area contributed by atoms with Crippen LogP contribution in [-0.2, 0) is 31.9 Å². The van der Waals surface area contributed by atoms with E-state index in [4.69, 9.17) is 20.9 Å². The van der Waals surface area contributed by atoms with E-state index >= 15 is 0 Å². The van der Waals surface area contributed by atoms with Gasteiger partial charge in [0, 0.05) is 12.0 Å². The van der Waals surface area contributed by atoms with Crippen LogP contribution in [0.15, 0.2) is 24.3 Å². The molecule has 196 valence electrons. The number of carbonyl (C=O) groups excluding carboxylic acids is 3. The minimum atomic E-state index is -0.943. The number of nitrogen functional groups attached to an aromatic ring is 2. The highest BCUT2D eigenvalue weighted by Crippen LogP contribution is 2.23. The molecule has 0 unspecified atom stereocenters. The van der Waals surface area contributed by atoms with Crippen LogP contribution in [0.1, 0.15) is 67.4 Å². The van der Waals surface area contributed by atoms with Crippen LogP contribution in [-0.4, -0.2) is 52.2 Å². The van der Waals surface area contributed by atoms with Crippen LogP contribution < -0.4 is 16.8 Å². The van der Waals surface area contributed by atoms with Crippen LogP contribution in [0, 0.1) is 0 Å². The lowest BCUT2D eigenvalue weighted by Gasteiger charge is -2.17. The van der Waals surface area contributed by atoms with Crippen molar-refractivity contribution in [1.82, 2.24) is 15.3 Å². The van der Waals surface area contributed by atoms with Gasteiger partial charge in [0.05, 0.1) is 18.8 Å². The first kappa shape index (κ1) is 28.3. The number of nitrogens with one attached hydrogen (secondary N) is 1. The number of anilines is 2. The summed E-state index contributed by atoms with van der Waals surface area (Å²) >= 11 is 0. The first-order valence-electron chi connectivity index (χ1n) is 12.1. The number of hydrogen-bond acceptors (Lipinski definition) is 10. The first-order chi connectivity index (χ1) is 17.2. The van der Waals surface area contributed by atoms with Crippen LogP contribution in [0.2, 0.25) is 0 Å². The number of benzene rings is 1. The number of rotatable bonds is 14.